The molecule has 39 heavy (non-hydrogen) atoms. The monoisotopic (exact) mass is 530 g/mol. The lowest BCUT2D eigenvalue weighted by atomic mass is 9.94. The molecule has 1 N–H and O–H groups in total. The Morgan fingerprint density at radius 1 is 0.923 bits per heavy atom. The van der Waals surface area contributed by atoms with Crippen molar-refractivity contribution in [3.8, 4) is 5.75 Å². The zero-order chi connectivity index (χ0) is 27.6. The lowest BCUT2D eigenvalue weighted by molar-refractivity contribution is -0.143. The number of nitrogens with zero attached hydrogens (tertiary/aromatic N) is 1. The van der Waals surface area contributed by atoms with Gasteiger partial charge in [-0.3, -0.25) is 9.59 Å². The molecule has 0 unspecified atom stereocenters. The van der Waals surface area contributed by atoms with Crippen molar-refractivity contribution in [2.24, 2.45) is 0 Å². The maximum atomic E-state index is 14.8. The summed E-state index contributed by atoms with van der Waals surface area (Å²) in [6.07, 6.45) is 5.51. The third-order valence-corrected chi connectivity index (χ3v) is 7.41. The second kappa shape index (κ2) is 13.9. The summed E-state index contributed by atoms with van der Waals surface area (Å²) in [5.74, 6) is -0.127. The van der Waals surface area contributed by atoms with Gasteiger partial charge in [0, 0.05) is 24.6 Å². The van der Waals surface area contributed by atoms with Crippen LogP contribution in [-0.2, 0) is 22.6 Å². The zero-order valence-electron chi connectivity index (χ0n) is 22.9. The Morgan fingerprint density at radius 3 is 2.31 bits per heavy atom. The summed E-state index contributed by atoms with van der Waals surface area (Å²) in [4.78, 5) is 29.1. The fraction of sp³-hybridized carbons (Fsp3) is 0.394. The zero-order valence-corrected chi connectivity index (χ0v) is 22.9. The summed E-state index contributed by atoms with van der Waals surface area (Å²) in [7, 11) is 0. The van der Waals surface area contributed by atoms with Gasteiger partial charge in [-0.2, -0.15) is 0 Å². The number of rotatable bonds is 11. The standard InChI is InChI=1S/C33H39FN2O3/c1-24(2)28-18-10-12-20-31(28)39-23-32(37)36(22-26-15-9-11-19-29(26)34)30(21-25-13-5-3-6-14-25)33(38)35-27-16-7-4-8-17-27/h3,5-6,9-15,18-20,24,27,30H,4,7-8,16-17,21-23H2,1-2H3,(H,35,38)/t30-/m1/s1. The first-order chi connectivity index (χ1) is 18.9. The minimum atomic E-state index is -0.814. The van der Waals surface area contributed by atoms with Crippen molar-refractivity contribution in [1.29, 1.82) is 0 Å². The molecule has 2 amide bonds. The van der Waals surface area contributed by atoms with Crippen LogP contribution in [0.15, 0.2) is 78.9 Å². The highest BCUT2D eigenvalue weighted by Crippen LogP contribution is 2.26. The Bertz CT molecular complexity index is 1220. The Morgan fingerprint density at radius 2 is 1.59 bits per heavy atom. The highest BCUT2D eigenvalue weighted by molar-refractivity contribution is 5.88. The fourth-order valence-corrected chi connectivity index (χ4v) is 5.22. The van der Waals surface area contributed by atoms with Crippen molar-refractivity contribution < 1.29 is 18.7 Å². The number of carbonyl (C=O) groups is 2. The number of halogens is 1. The largest absolute Gasteiger partial charge is 0.483 e. The van der Waals surface area contributed by atoms with Gasteiger partial charge in [0.1, 0.15) is 17.6 Å². The molecule has 1 saturated carbocycles. The third-order valence-electron chi connectivity index (χ3n) is 7.41. The quantitative estimate of drug-likeness (QED) is 0.311. The molecule has 0 heterocycles. The number of nitrogens with one attached hydrogen (secondary N) is 1. The normalized spacial score (nSPS) is 14.6. The van der Waals surface area contributed by atoms with E-state index in [1.54, 1.807) is 18.2 Å². The molecule has 6 heteroatoms. The first-order valence-corrected chi connectivity index (χ1v) is 14.0. The average Bonchev–Trinajstić information content (AvgIpc) is 2.95. The van der Waals surface area contributed by atoms with E-state index in [0.29, 0.717) is 17.7 Å². The molecule has 0 spiro atoms. The average molecular weight is 531 g/mol. The Labute approximate surface area is 231 Å². The molecule has 5 nitrogen and oxygen atoms in total. The van der Waals surface area contributed by atoms with Crippen molar-refractivity contribution in [1.82, 2.24) is 10.2 Å². The molecule has 0 bridgehead atoms. The molecular formula is C33H39FN2O3. The van der Waals surface area contributed by atoms with E-state index in [-0.39, 0.29) is 36.9 Å². The van der Waals surface area contributed by atoms with Crippen LogP contribution in [0.25, 0.3) is 0 Å². The molecule has 206 valence electrons. The Balaban J connectivity index is 1.63. The summed E-state index contributed by atoms with van der Waals surface area (Å²) in [6.45, 7) is 3.86. The Kier molecular flexibility index (Phi) is 10.1. The van der Waals surface area contributed by atoms with Gasteiger partial charge in [0.25, 0.3) is 5.91 Å². The molecule has 3 aromatic carbocycles. The van der Waals surface area contributed by atoms with E-state index in [0.717, 1.165) is 36.8 Å². The minimum Gasteiger partial charge on any atom is -0.483 e. The first-order valence-electron chi connectivity index (χ1n) is 14.0. The summed E-state index contributed by atoms with van der Waals surface area (Å²) in [6, 6.07) is 23.0. The third kappa shape index (κ3) is 7.92. The van der Waals surface area contributed by atoms with Crippen LogP contribution in [0.3, 0.4) is 0 Å². The molecular weight excluding hydrogens is 491 g/mol. The summed E-state index contributed by atoms with van der Waals surface area (Å²) in [5.41, 5.74) is 2.29. The van der Waals surface area contributed by atoms with Gasteiger partial charge in [0.2, 0.25) is 5.91 Å². The molecule has 1 fully saturated rings. The highest BCUT2D eigenvalue weighted by Gasteiger charge is 2.32. The maximum absolute atomic E-state index is 14.8. The van der Waals surface area contributed by atoms with Crippen molar-refractivity contribution in [2.75, 3.05) is 6.61 Å². The van der Waals surface area contributed by atoms with E-state index in [2.05, 4.69) is 19.2 Å². The summed E-state index contributed by atoms with van der Waals surface area (Å²) < 4.78 is 20.8. The van der Waals surface area contributed by atoms with E-state index in [1.165, 1.54) is 17.4 Å². The van der Waals surface area contributed by atoms with Gasteiger partial charge in [0.15, 0.2) is 6.61 Å². The number of hydrogen-bond donors (Lipinski definition) is 1. The molecule has 0 saturated heterocycles. The predicted octanol–water partition coefficient (Wildman–Crippen LogP) is 6.42. The number of amides is 2. The predicted molar refractivity (Wildman–Crippen MR) is 152 cm³/mol. The van der Waals surface area contributed by atoms with E-state index >= 15 is 0 Å². The first kappa shape index (κ1) is 28.3. The minimum absolute atomic E-state index is 0.0315. The van der Waals surface area contributed by atoms with Crippen LogP contribution in [0.2, 0.25) is 0 Å². The van der Waals surface area contributed by atoms with Gasteiger partial charge in [-0.05, 0) is 42.0 Å². The van der Waals surface area contributed by atoms with Crippen LogP contribution < -0.4 is 10.1 Å². The second-order valence-electron chi connectivity index (χ2n) is 10.6. The fourth-order valence-electron chi connectivity index (χ4n) is 5.22. The van der Waals surface area contributed by atoms with Gasteiger partial charge in [0.05, 0.1) is 0 Å². The SMILES string of the molecule is CC(C)c1ccccc1OCC(=O)N(Cc1ccccc1F)[C@H](Cc1ccccc1)C(=O)NC1CCCCC1. The lowest BCUT2D eigenvalue weighted by Crippen LogP contribution is -2.53. The van der Waals surface area contributed by atoms with Crippen LogP contribution in [-0.4, -0.2) is 35.4 Å². The van der Waals surface area contributed by atoms with Crippen molar-refractivity contribution in [3.63, 3.8) is 0 Å². The number of ether oxygens (including phenoxy) is 1. The lowest BCUT2D eigenvalue weighted by Gasteiger charge is -2.33. The highest BCUT2D eigenvalue weighted by atomic mass is 19.1. The van der Waals surface area contributed by atoms with Gasteiger partial charge in [-0.25, -0.2) is 4.39 Å². The number of benzene rings is 3. The maximum Gasteiger partial charge on any atom is 0.261 e. The molecule has 1 aliphatic carbocycles. The van der Waals surface area contributed by atoms with Crippen molar-refractivity contribution >= 4 is 11.8 Å². The molecule has 1 aliphatic rings. The molecule has 1 atom stereocenters. The summed E-state index contributed by atoms with van der Waals surface area (Å²) in [5, 5.41) is 3.21. The molecule has 0 aromatic heterocycles. The van der Waals surface area contributed by atoms with Crippen LogP contribution in [0.4, 0.5) is 4.39 Å². The van der Waals surface area contributed by atoms with Gasteiger partial charge in [-0.1, -0.05) is 99.8 Å². The van der Waals surface area contributed by atoms with E-state index in [1.807, 2.05) is 54.6 Å². The second-order valence-corrected chi connectivity index (χ2v) is 10.6. The van der Waals surface area contributed by atoms with E-state index in [4.69, 9.17) is 4.74 Å². The molecule has 4 rings (SSSR count). The smallest absolute Gasteiger partial charge is 0.261 e. The number of para-hydroxylation sites is 1. The Hall–Kier alpha value is -3.67. The van der Waals surface area contributed by atoms with Crippen LogP contribution >= 0.6 is 0 Å². The van der Waals surface area contributed by atoms with E-state index < -0.39 is 11.9 Å². The topological polar surface area (TPSA) is 58.6 Å². The molecule has 0 aliphatic heterocycles. The van der Waals surface area contributed by atoms with E-state index in [9.17, 15) is 14.0 Å². The van der Waals surface area contributed by atoms with Crippen LogP contribution in [0, 0.1) is 5.82 Å². The van der Waals surface area contributed by atoms with Crippen LogP contribution in [0.1, 0.15) is 68.6 Å². The van der Waals surface area contributed by atoms with Gasteiger partial charge < -0.3 is 15.0 Å². The van der Waals surface area contributed by atoms with Crippen LogP contribution in [0.5, 0.6) is 5.75 Å². The molecule has 3 aromatic rings. The molecule has 0 radical (unpaired) electrons. The number of carbonyl (C=O) groups excluding carboxylic acids is 2. The van der Waals surface area contributed by atoms with Crippen molar-refractivity contribution in [3.05, 3.63) is 101 Å². The summed E-state index contributed by atoms with van der Waals surface area (Å²) >= 11 is 0. The van der Waals surface area contributed by atoms with Gasteiger partial charge >= 0.3 is 0 Å². The van der Waals surface area contributed by atoms with Crippen molar-refractivity contribution in [2.45, 2.75) is 76.9 Å². The number of hydrogen-bond acceptors (Lipinski definition) is 3. The van der Waals surface area contributed by atoms with Gasteiger partial charge in [-0.15, -0.1) is 0 Å².